The van der Waals surface area contributed by atoms with E-state index in [1.54, 1.807) is 0 Å². The lowest BCUT2D eigenvalue weighted by molar-refractivity contribution is 0.237. The third-order valence-electron chi connectivity index (χ3n) is 7.25. The number of imidazole rings is 1. The standard InChI is InChI=1S/C28H30N4/c1-18-8-11-24(14-26(18)27-19(2)30-28(31-27)23-6-4-5-7-23)20(3)32-16-25(17-32)22-12-9-21(15-29)10-13-22/h8-14,23,25H,3-7,16-17H2,1-2H3,(H,30,31). The van der Waals surface area contributed by atoms with E-state index in [9.17, 15) is 0 Å². The van der Waals surface area contributed by atoms with E-state index >= 15 is 0 Å². The van der Waals surface area contributed by atoms with Crippen LogP contribution in [0.4, 0.5) is 0 Å². The Morgan fingerprint density at radius 3 is 2.47 bits per heavy atom. The van der Waals surface area contributed by atoms with Gasteiger partial charge in [0.15, 0.2) is 0 Å². The van der Waals surface area contributed by atoms with Crippen molar-refractivity contribution in [2.45, 2.75) is 51.4 Å². The summed E-state index contributed by atoms with van der Waals surface area (Å²) < 4.78 is 0. The van der Waals surface area contributed by atoms with Gasteiger partial charge in [0.25, 0.3) is 0 Å². The highest BCUT2D eigenvalue weighted by Crippen LogP contribution is 2.37. The molecular formula is C28H30N4. The van der Waals surface area contributed by atoms with E-state index < -0.39 is 0 Å². The van der Waals surface area contributed by atoms with Gasteiger partial charge in [-0.15, -0.1) is 0 Å². The maximum absolute atomic E-state index is 9.00. The lowest BCUT2D eigenvalue weighted by Gasteiger charge is -2.42. The average Bonchev–Trinajstić information content (AvgIpc) is 3.43. The van der Waals surface area contributed by atoms with E-state index in [0.717, 1.165) is 41.6 Å². The van der Waals surface area contributed by atoms with Crippen molar-refractivity contribution in [2.75, 3.05) is 13.1 Å². The van der Waals surface area contributed by atoms with E-state index in [1.165, 1.54) is 42.4 Å². The molecule has 1 saturated carbocycles. The Morgan fingerprint density at radius 1 is 1.06 bits per heavy atom. The first-order valence-corrected chi connectivity index (χ1v) is 11.7. The molecule has 4 heteroatoms. The van der Waals surface area contributed by atoms with Crippen molar-refractivity contribution in [3.63, 3.8) is 0 Å². The number of likely N-dealkylation sites (tertiary alicyclic amines) is 1. The second-order valence-electron chi connectivity index (χ2n) is 9.39. The molecule has 0 unspecified atom stereocenters. The first-order chi connectivity index (χ1) is 15.5. The van der Waals surface area contributed by atoms with Crippen LogP contribution in [0.3, 0.4) is 0 Å². The van der Waals surface area contributed by atoms with Crippen molar-refractivity contribution in [2.24, 2.45) is 0 Å². The van der Waals surface area contributed by atoms with Gasteiger partial charge < -0.3 is 9.88 Å². The average molecular weight is 423 g/mol. The highest BCUT2D eigenvalue weighted by Gasteiger charge is 2.29. The topological polar surface area (TPSA) is 55.7 Å². The molecule has 0 radical (unpaired) electrons. The number of aromatic amines is 1. The van der Waals surface area contributed by atoms with Gasteiger partial charge in [0.2, 0.25) is 0 Å². The lowest BCUT2D eigenvalue weighted by Crippen LogP contribution is -2.43. The normalized spacial score (nSPS) is 16.7. The molecule has 1 saturated heterocycles. The Labute approximate surface area is 190 Å². The number of nitrogens with one attached hydrogen (secondary N) is 1. The number of aryl methyl sites for hydroxylation is 2. The Morgan fingerprint density at radius 2 is 1.78 bits per heavy atom. The van der Waals surface area contributed by atoms with Crippen LogP contribution in [0.5, 0.6) is 0 Å². The number of nitriles is 1. The van der Waals surface area contributed by atoms with Crippen LogP contribution < -0.4 is 0 Å². The number of H-pyrrole nitrogens is 1. The molecule has 4 nitrogen and oxygen atoms in total. The van der Waals surface area contributed by atoms with E-state index in [1.807, 2.05) is 12.1 Å². The molecule has 2 heterocycles. The van der Waals surface area contributed by atoms with Crippen LogP contribution in [0.15, 0.2) is 49.0 Å². The molecule has 0 amide bonds. The van der Waals surface area contributed by atoms with Gasteiger partial charge in [-0.2, -0.15) is 5.26 Å². The van der Waals surface area contributed by atoms with Crippen molar-refractivity contribution in [1.29, 1.82) is 5.26 Å². The first-order valence-electron chi connectivity index (χ1n) is 11.7. The monoisotopic (exact) mass is 422 g/mol. The Kier molecular flexibility index (Phi) is 5.35. The number of benzene rings is 2. The zero-order chi connectivity index (χ0) is 22.2. The number of rotatable bonds is 5. The zero-order valence-corrected chi connectivity index (χ0v) is 19.0. The SMILES string of the molecule is C=C(c1ccc(C)c(-c2nc(C3CCCC3)[nH]c2C)c1)N1CC(c2ccc(C#N)cc2)C1. The second-order valence-corrected chi connectivity index (χ2v) is 9.39. The van der Waals surface area contributed by atoms with Gasteiger partial charge in [-0.25, -0.2) is 4.98 Å². The van der Waals surface area contributed by atoms with Crippen LogP contribution in [0.2, 0.25) is 0 Å². The Hall–Kier alpha value is -3.32. The molecule has 1 aliphatic heterocycles. The smallest absolute Gasteiger partial charge is 0.110 e. The minimum atomic E-state index is 0.493. The maximum Gasteiger partial charge on any atom is 0.110 e. The Bertz CT molecular complexity index is 1180. The number of nitrogens with zero attached hydrogens (tertiary/aromatic N) is 3. The molecule has 2 aliphatic rings. The first kappa shape index (κ1) is 20.6. The molecule has 1 aliphatic carbocycles. The van der Waals surface area contributed by atoms with Gasteiger partial charge >= 0.3 is 0 Å². The van der Waals surface area contributed by atoms with Crippen molar-refractivity contribution in [3.8, 4) is 17.3 Å². The zero-order valence-electron chi connectivity index (χ0n) is 19.0. The number of hydrogen-bond donors (Lipinski definition) is 1. The van der Waals surface area contributed by atoms with Crippen molar-refractivity contribution >= 4 is 5.70 Å². The fraction of sp³-hybridized carbons (Fsp3) is 0.357. The maximum atomic E-state index is 9.00. The summed E-state index contributed by atoms with van der Waals surface area (Å²) in [5.74, 6) is 2.24. The van der Waals surface area contributed by atoms with Gasteiger partial charge in [-0.1, -0.05) is 43.7 Å². The molecule has 1 N–H and O–H groups in total. The van der Waals surface area contributed by atoms with Gasteiger partial charge in [-0.05, 0) is 61.6 Å². The fourth-order valence-corrected chi connectivity index (χ4v) is 5.12. The predicted octanol–water partition coefficient (Wildman–Crippen LogP) is 6.29. The van der Waals surface area contributed by atoms with Gasteiger partial charge in [0, 0.05) is 41.9 Å². The van der Waals surface area contributed by atoms with Gasteiger partial charge in [-0.3, -0.25) is 0 Å². The molecule has 0 bridgehead atoms. The summed E-state index contributed by atoms with van der Waals surface area (Å²) >= 11 is 0. The van der Waals surface area contributed by atoms with E-state index in [4.69, 9.17) is 10.2 Å². The van der Waals surface area contributed by atoms with Crippen LogP contribution in [-0.4, -0.2) is 28.0 Å². The van der Waals surface area contributed by atoms with Crippen LogP contribution in [0.25, 0.3) is 17.0 Å². The third kappa shape index (κ3) is 3.73. The second kappa shape index (κ2) is 8.31. The third-order valence-corrected chi connectivity index (χ3v) is 7.25. The molecule has 5 rings (SSSR count). The van der Waals surface area contributed by atoms with Crippen LogP contribution in [0, 0.1) is 25.2 Å². The van der Waals surface area contributed by atoms with E-state index in [2.05, 4.69) is 66.7 Å². The van der Waals surface area contributed by atoms with E-state index in [-0.39, 0.29) is 0 Å². The molecule has 0 spiro atoms. The van der Waals surface area contributed by atoms with E-state index in [0.29, 0.717) is 17.4 Å². The van der Waals surface area contributed by atoms with Crippen molar-refractivity contribution in [3.05, 3.63) is 82.8 Å². The van der Waals surface area contributed by atoms with Crippen LogP contribution >= 0.6 is 0 Å². The number of hydrogen-bond acceptors (Lipinski definition) is 3. The summed E-state index contributed by atoms with van der Waals surface area (Å²) in [5, 5.41) is 9.00. The molecule has 2 aromatic carbocycles. The molecule has 0 atom stereocenters. The predicted molar refractivity (Wildman–Crippen MR) is 129 cm³/mol. The van der Waals surface area contributed by atoms with Gasteiger partial charge in [0.05, 0.1) is 17.3 Å². The Balaban J connectivity index is 1.33. The van der Waals surface area contributed by atoms with Crippen LogP contribution in [-0.2, 0) is 0 Å². The summed E-state index contributed by atoms with van der Waals surface area (Å²) in [6, 6.07) is 16.8. The largest absolute Gasteiger partial charge is 0.370 e. The summed E-state index contributed by atoms with van der Waals surface area (Å²) in [6.07, 6.45) is 5.12. The molecule has 32 heavy (non-hydrogen) atoms. The molecular weight excluding hydrogens is 392 g/mol. The molecule has 162 valence electrons. The van der Waals surface area contributed by atoms with Crippen LogP contribution in [0.1, 0.15) is 71.3 Å². The highest BCUT2D eigenvalue weighted by molar-refractivity contribution is 5.73. The van der Waals surface area contributed by atoms with Gasteiger partial charge in [0.1, 0.15) is 5.82 Å². The summed E-state index contributed by atoms with van der Waals surface area (Å²) in [4.78, 5) is 11.0. The molecule has 1 aromatic heterocycles. The lowest BCUT2D eigenvalue weighted by atomic mass is 9.89. The van der Waals surface area contributed by atoms with Crippen molar-refractivity contribution < 1.29 is 0 Å². The summed E-state index contributed by atoms with van der Waals surface area (Å²) in [6.45, 7) is 10.6. The number of aromatic nitrogens is 2. The minimum absolute atomic E-state index is 0.493. The quantitative estimate of drug-likeness (QED) is 0.525. The molecule has 2 fully saturated rings. The summed E-state index contributed by atoms with van der Waals surface area (Å²) in [5.41, 5.74) is 8.92. The fourth-order valence-electron chi connectivity index (χ4n) is 5.12. The molecule has 3 aromatic rings. The summed E-state index contributed by atoms with van der Waals surface area (Å²) in [7, 11) is 0. The minimum Gasteiger partial charge on any atom is -0.370 e. The van der Waals surface area contributed by atoms with Crippen molar-refractivity contribution in [1.82, 2.24) is 14.9 Å². The highest BCUT2D eigenvalue weighted by atomic mass is 15.2.